The van der Waals surface area contributed by atoms with Gasteiger partial charge in [0.1, 0.15) is 11.6 Å². The molecule has 0 N–H and O–H groups in total. The minimum Gasteiger partial charge on any atom is -0.340 e. The van der Waals surface area contributed by atoms with Crippen molar-refractivity contribution in [2.24, 2.45) is 0 Å². The zero-order valence-corrected chi connectivity index (χ0v) is 16.7. The van der Waals surface area contributed by atoms with E-state index < -0.39 is 0 Å². The second-order valence-corrected chi connectivity index (χ2v) is 7.41. The molecule has 1 aliphatic rings. The Morgan fingerprint density at radius 1 is 1.00 bits per heavy atom. The fraction of sp³-hybridized carbons (Fsp3) is 0.364. The highest BCUT2D eigenvalue weighted by Crippen LogP contribution is 2.13. The average Bonchev–Trinajstić information content (AvgIpc) is 2.71. The summed E-state index contributed by atoms with van der Waals surface area (Å²) >= 11 is 0. The van der Waals surface area contributed by atoms with Gasteiger partial charge < -0.3 is 9.80 Å². The molecule has 0 aliphatic carbocycles. The molecule has 0 radical (unpaired) electrons. The van der Waals surface area contributed by atoms with Crippen molar-refractivity contribution < 1.29 is 18.4 Å². The molecule has 0 spiro atoms. The molecule has 2 amide bonds. The van der Waals surface area contributed by atoms with Gasteiger partial charge in [0.05, 0.1) is 6.54 Å². The third kappa shape index (κ3) is 5.38. The molecular weight excluding hydrogens is 376 g/mol. The van der Waals surface area contributed by atoms with Gasteiger partial charge in [-0.1, -0.05) is 18.2 Å². The van der Waals surface area contributed by atoms with Gasteiger partial charge in [-0.05, 0) is 42.3 Å². The molecular formula is C22H25F2N3O2. The predicted molar refractivity (Wildman–Crippen MR) is 106 cm³/mol. The molecule has 0 bridgehead atoms. The Hall–Kier alpha value is -2.80. The number of hydrogen-bond acceptors (Lipinski definition) is 3. The van der Waals surface area contributed by atoms with Crippen molar-refractivity contribution >= 4 is 11.8 Å². The first-order valence-electron chi connectivity index (χ1n) is 9.59. The summed E-state index contributed by atoms with van der Waals surface area (Å²) in [5, 5.41) is 0. The van der Waals surface area contributed by atoms with Crippen LogP contribution in [-0.4, -0.2) is 66.3 Å². The number of halogens is 2. The van der Waals surface area contributed by atoms with Gasteiger partial charge in [0.25, 0.3) is 5.91 Å². The van der Waals surface area contributed by atoms with Gasteiger partial charge in [-0.15, -0.1) is 0 Å². The molecule has 1 heterocycles. The first kappa shape index (κ1) is 20.9. The van der Waals surface area contributed by atoms with E-state index in [1.165, 1.54) is 18.2 Å². The number of likely N-dealkylation sites (N-methyl/N-ethyl adjacent to an activating group) is 1. The number of benzene rings is 2. The van der Waals surface area contributed by atoms with Crippen molar-refractivity contribution in [1.82, 2.24) is 14.7 Å². The lowest BCUT2D eigenvalue weighted by atomic mass is 10.1. The van der Waals surface area contributed by atoms with Crippen molar-refractivity contribution in [3.8, 4) is 0 Å². The van der Waals surface area contributed by atoms with Gasteiger partial charge in [0.15, 0.2) is 0 Å². The van der Waals surface area contributed by atoms with Crippen LogP contribution in [0.5, 0.6) is 0 Å². The Morgan fingerprint density at radius 2 is 1.66 bits per heavy atom. The van der Waals surface area contributed by atoms with Crippen LogP contribution in [0.15, 0.2) is 42.5 Å². The third-order valence-corrected chi connectivity index (χ3v) is 5.20. The molecule has 1 aliphatic heterocycles. The van der Waals surface area contributed by atoms with Crippen LogP contribution in [0.2, 0.25) is 0 Å². The maximum atomic E-state index is 13.7. The van der Waals surface area contributed by atoms with Crippen molar-refractivity contribution in [2.45, 2.75) is 13.5 Å². The van der Waals surface area contributed by atoms with Crippen LogP contribution in [0, 0.1) is 18.6 Å². The monoisotopic (exact) mass is 401 g/mol. The maximum absolute atomic E-state index is 13.7. The number of piperazine rings is 1. The minimum absolute atomic E-state index is 0.0327. The van der Waals surface area contributed by atoms with E-state index in [-0.39, 0.29) is 30.0 Å². The van der Waals surface area contributed by atoms with Crippen LogP contribution in [0.1, 0.15) is 21.5 Å². The Bertz CT molecular complexity index is 878. The Morgan fingerprint density at radius 3 is 2.28 bits per heavy atom. The second kappa shape index (κ2) is 9.13. The highest BCUT2D eigenvalue weighted by Gasteiger charge is 2.24. The molecule has 154 valence electrons. The SMILES string of the molecule is Cc1ccc(C(=O)N2CCN(CC(=O)N(C)Cc3ccc(F)cc3)CC2)cc1F. The first-order valence-corrected chi connectivity index (χ1v) is 9.59. The summed E-state index contributed by atoms with van der Waals surface area (Å²) < 4.78 is 26.7. The quantitative estimate of drug-likeness (QED) is 0.774. The summed E-state index contributed by atoms with van der Waals surface area (Å²) in [7, 11) is 1.72. The van der Waals surface area contributed by atoms with Crippen LogP contribution in [0.4, 0.5) is 8.78 Å². The Labute approximate surface area is 169 Å². The average molecular weight is 401 g/mol. The molecule has 5 nitrogen and oxygen atoms in total. The molecule has 1 saturated heterocycles. The summed E-state index contributed by atoms with van der Waals surface area (Å²) in [4.78, 5) is 30.3. The first-order chi connectivity index (χ1) is 13.8. The van der Waals surface area contributed by atoms with Gasteiger partial charge >= 0.3 is 0 Å². The van der Waals surface area contributed by atoms with Crippen molar-refractivity contribution in [2.75, 3.05) is 39.8 Å². The largest absolute Gasteiger partial charge is 0.340 e. The van der Waals surface area contributed by atoms with Crippen LogP contribution < -0.4 is 0 Å². The molecule has 2 aromatic carbocycles. The van der Waals surface area contributed by atoms with E-state index in [1.54, 1.807) is 48.0 Å². The Kier molecular flexibility index (Phi) is 6.59. The lowest BCUT2D eigenvalue weighted by Gasteiger charge is -2.35. The van der Waals surface area contributed by atoms with E-state index in [1.807, 2.05) is 4.90 Å². The van der Waals surface area contributed by atoms with Crippen molar-refractivity contribution in [3.05, 3.63) is 70.8 Å². The molecule has 0 atom stereocenters. The summed E-state index contributed by atoms with van der Waals surface area (Å²) in [6.45, 7) is 4.47. The van der Waals surface area contributed by atoms with Gasteiger partial charge in [0.2, 0.25) is 5.91 Å². The molecule has 3 rings (SSSR count). The number of rotatable bonds is 5. The molecule has 29 heavy (non-hydrogen) atoms. The fourth-order valence-electron chi connectivity index (χ4n) is 3.28. The summed E-state index contributed by atoms with van der Waals surface area (Å²) in [5.41, 5.74) is 1.72. The van der Waals surface area contributed by atoms with Crippen molar-refractivity contribution in [3.63, 3.8) is 0 Å². The number of carbonyl (C=O) groups excluding carboxylic acids is 2. The summed E-state index contributed by atoms with van der Waals surface area (Å²) in [5.74, 6) is -0.911. The number of nitrogens with zero attached hydrogens (tertiary/aromatic N) is 3. The number of carbonyl (C=O) groups is 2. The van der Waals surface area contributed by atoms with Gasteiger partial charge in [-0.25, -0.2) is 8.78 Å². The smallest absolute Gasteiger partial charge is 0.254 e. The second-order valence-electron chi connectivity index (χ2n) is 7.41. The van der Waals surface area contributed by atoms with Crippen molar-refractivity contribution in [1.29, 1.82) is 0 Å². The fourth-order valence-corrected chi connectivity index (χ4v) is 3.28. The molecule has 0 aromatic heterocycles. The molecule has 0 unspecified atom stereocenters. The van der Waals surface area contributed by atoms with Crippen LogP contribution in [0.3, 0.4) is 0 Å². The van der Waals surface area contributed by atoms with Gasteiger partial charge in [-0.2, -0.15) is 0 Å². The highest BCUT2D eigenvalue weighted by atomic mass is 19.1. The van der Waals surface area contributed by atoms with E-state index in [0.29, 0.717) is 43.9 Å². The standard InChI is InChI=1S/C22H25F2N3O2/c1-16-3-6-18(13-20(16)24)22(29)27-11-9-26(10-12-27)15-21(28)25(2)14-17-4-7-19(23)8-5-17/h3-8,13H,9-12,14-15H2,1-2H3. The van der Waals surface area contributed by atoms with Crippen LogP contribution in [-0.2, 0) is 11.3 Å². The van der Waals surface area contributed by atoms with E-state index in [0.717, 1.165) is 5.56 Å². The summed E-state index contributed by atoms with van der Waals surface area (Å²) in [6.07, 6.45) is 0. The molecule has 0 saturated carbocycles. The zero-order chi connectivity index (χ0) is 21.0. The minimum atomic E-state index is -0.385. The van der Waals surface area contributed by atoms with Gasteiger partial charge in [-0.3, -0.25) is 14.5 Å². The maximum Gasteiger partial charge on any atom is 0.254 e. The van der Waals surface area contributed by atoms with Gasteiger partial charge in [0, 0.05) is 45.3 Å². The lowest BCUT2D eigenvalue weighted by molar-refractivity contribution is -0.132. The molecule has 7 heteroatoms. The number of aryl methyl sites for hydroxylation is 1. The van der Waals surface area contributed by atoms with E-state index in [9.17, 15) is 18.4 Å². The summed E-state index contributed by atoms with van der Waals surface area (Å²) in [6, 6.07) is 10.6. The molecule has 2 aromatic rings. The molecule has 1 fully saturated rings. The van der Waals surface area contributed by atoms with Crippen LogP contribution >= 0.6 is 0 Å². The topological polar surface area (TPSA) is 43.9 Å². The number of hydrogen-bond donors (Lipinski definition) is 0. The Balaban J connectivity index is 1.48. The van der Waals surface area contributed by atoms with E-state index in [4.69, 9.17) is 0 Å². The van der Waals surface area contributed by atoms with E-state index in [2.05, 4.69) is 0 Å². The predicted octanol–water partition coefficient (Wildman–Crippen LogP) is 2.69. The lowest BCUT2D eigenvalue weighted by Crippen LogP contribution is -2.51. The van der Waals surface area contributed by atoms with E-state index >= 15 is 0 Å². The van der Waals surface area contributed by atoms with Crippen LogP contribution in [0.25, 0.3) is 0 Å². The third-order valence-electron chi connectivity index (χ3n) is 5.20. The highest BCUT2D eigenvalue weighted by molar-refractivity contribution is 5.94. The number of amides is 2. The zero-order valence-electron chi connectivity index (χ0n) is 16.7. The normalized spacial score (nSPS) is 14.7.